The number of halogens is 3. The van der Waals surface area contributed by atoms with Gasteiger partial charge in [-0.2, -0.15) is 13.2 Å². The predicted octanol–water partition coefficient (Wildman–Crippen LogP) is 4.33. The molecule has 0 unspecified atom stereocenters. The first-order valence-corrected chi connectivity index (χ1v) is 7.08. The van der Waals surface area contributed by atoms with Crippen molar-refractivity contribution in [3.8, 4) is 11.5 Å². The summed E-state index contributed by atoms with van der Waals surface area (Å²) < 4.78 is 43.2. The highest BCUT2D eigenvalue weighted by Crippen LogP contribution is 2.29. The number of carbonyl (C=O) groups is 1. The number of amides is 1. The van der Waals surface area contributed by atoms with E-state index in [9.17, 15) is 18.0 Å². The van der Waals surface area contributed by atoms with Gasteiger partial charge in [0, 0.05) is 24.4 Å². The van der Waals surface area contributed by atoms with Crippen LogP contribution >= 0.6 is 0 Å². The summed E-state index contributed by atoms with van der Waals surface area (Å²) in [7, 11) is 1.06. The molecule has 0 aliphatic heterocycles. The number of carbonyl (C=O) groups excluding carboxylic acids is 1. The van der Waals surface area contributed by atoms with Crippen molar-refractivity contribution >= 4 is 22.7 Å². The minimum Gasteiger partial charge on any atom is -0.436 e. The number of benzene rings is 2. The smallest absolute Gasteiger partial charge is 0.436 e. The minimum atomic E-state index is -4.93. The van der Waals surface area contributed by atoms with Crippen LogP contribution in [0, 0.1) is 6.92 Å². The van der Waals surface area contributed by atoms with Crippen molar-refractivity contribution < 1.29 is 22.4 Å². The van der Waals surface area contributed by atoms with Crippen LogP contribution in [0.15, 0.2) is 46.9 Å². The zero-order valence-electron chi connectivity index (χ0n) is 12.9. The van der Waals surface area contributed by atoms with Crippen molar-refractivity contribution in [3.05, 3.63) is 48.0 Å². The number of hydrogen-bond donors (Lipinski definition) is 0. The Kier molecular flexibility index (Phi) is 3.79. The third kappa shape index (κ3) is 2.97. The number of aromatic nitrogens is 1. The number of anilines is 1. The Balaban J connectivity index is 1.99. The summed E-state index contributed by atoms with van der Waals surface area (Å²) in [5, 5.41) is 0. The maximum Gasteiger partial charge on any atom is 0.471 e. The molecule has 0 radical (unpaired) electrons. The van der Waals surface area contributed by atoms with E-state index in [1.807, 2.05) is 31.2 Å². The molecular weight excluding hydrogens is 321 g/mol. The van der Waals surface area contributed by atoms with Crippen LogP contribution in [-0.2, 0) is 4.79 Å². The number of nitrogens with zero attached hydrogens (tertiary/aromatic N) is 2. The van der Waals surface area contributed by atoms with Crippen LogP contribution in [0.25, 0.3) is 22.6 Å². The third-order valence-electron chi connectivity index (χ3n) is 3.57. The fraction of sp³-hybridized carbons (Fsp3) is 0.176. The Bertz CT molecular complexity index is 916. The molecule has 3 aromatic rings. The first-order chi connectivity index (χ1) is 11.3. The lowest BCUT2D eigenvalue weighted by Crippen LogP contribution is -2.38. The Morgan fingerprint density at radius 1 is 1.17 bits per heavy atom. The van der Waals surface area contributed by atoms with Gasteiger partial charge in [0.05, 0.1) is 0 Å². The van der Waals surface area contributed by atoms with Crippen molar-refractivity contribution in [2.75, 3.05) is 11.9 Å². The van der Waals surface area contributed by atoms with Gasteiger partial charge >= 0.3 is 12.1 Å². The Morgan fingerprint density at radius 3 is 2.58 bits per heavy atom. The number of hydrogen-bond acceptors (Lipinski definition) is 3. The molecule has 0 saturated carbocycles. The predicted molar refractivity (Wildman–Crippen MR) is 83.6 cm³/mol. The fourth-order valence-electron chi connectivity index (χ4n) is 2.33. The summed E-state index contributed by atoms with van der Waals surface area (Å²) in [5.41, 5.74) is 2.70. The fourth-order valence-corrected chi connectivity index (χ4v) is 2.33. The Hall–Kier alpha value is -2.83. The van der Waals surface area contributed by atoms with E-state index in [4.69, 9.17) is 4.42 Å². The molecule has 0 fully saturated rings. The molecule has 0 aliphatic rings. The van der Waals surface area contributed by atoms with Crippen LogP contribution in [0.5, 0.6) is 0 Å². The van der Waals surface area contributed by atoms with Crippen LogP contribution in [0.2, 0.25) is 0 Å². The normalized spacial score (nSPS) is 11.7. The van der Waals surface area contributed by atoms with Gasteiger partial charge in [-0.3, -0.25) is 4.79 Å². The van der Waals surface area contributed by atoms with E-state index in [-0.39, 0.29) is 5.69 Å². The molecule has 0 atom stereocenters. The lowest BCUT2D eigenvalue weighted by Gasteiger charge is -2.18. The lowest BCUT2D eigenvalue weighted by atomic mass is 10.1. The molecule has 1 amide bonds. The lowest BCUT2D eigenvalue weighted by molar-refractivity contribution is -0.170. The monoisotopic (exact) mass is 334 g/mol. The van der Waals surface area contributed by atoms with Gasteiger partial charge in [0.15, 0.2) is 5.58 Å². The van der Waals surface area contributed by atoms with E-state index in [0.29, 0.717) is 21.9 Å². The third-order valence-corrected chi connectivity index (χ3v) is 3.57. The number of fused-ring (bicyclic) bond motifs is 1. The second-order valence-corrected chi connectivity index (χ2v) is 5.40. The van der Waals surface area contributed by atoms with Crippen molar-refractivity contribution in [2.45, 2.75) is 13.1 Å². The quantitative estimate of drug-likeness (QED) is 0.701. The average molecular weight is 334 g/mol. The van der Waals surface area contributed by atoms with Gasteiger partial charge in [0.2, 0.25) is 5.89 Å². The zero-order valence-corrected chi connectivity index (χ0v) is 12.9. The van der Waals surface area contributed by atoms with Gasteiger partial charge in [0.1, 0.15) is 5.52 Å². The van der Waals surface area contributed by atoms with Gasteiger partial charge in [0.25, 0.3) is 0 Å². The first-order valence-electron chi connectivity index (χ1n) is 7.08. The summed E-state index contributed by atoms with van der Waals surface area (Å²) in [5.74, 6) is -1.57. The van der Waals surface area contributed by atoms with Crippen LogP contribution in [0.3, 0.4) is 0 Å². The number of aryl methyl sites for hydroxylation is 1. The molecule has 0 saturated heterocycles. The van der Waals surface area contributed by atoms with Crippen LogP contribution < -0.4 is 4.90 Å². The highest BCUT2D eigenvalue weighted by molar-refractivity contribution is 5.98. The maximum atomic E-state index is 12.5. The topological polar surface area (TPSA) is 46.3 Å². The van der Waals surface area contributed by atoms with Gasteiger partial charge < -0.3 is 9.32 Å². The second-order valence-electron chi connectivity index (χ2n) is 5.40. The van der Waals surface area contributed by atoms with E-state index in [1.165, 1.54) is 18.2 Å². The zero-order chi connectivity index (χ0) is 17.5. The van der Waals surface area contributed by atoms with Crippen molar-refractivity contribution in [2.24, 2.45) is 0 Å². The minimum absolute atomic E-state index is 0.0803. The van der Waals surface area contributed by atoms with Gasteiger partial charge in [-0.05, 0) is 31.2 Å². The molecule has 2 aromatic carbocycles. The van der Waals surface area contributed by atoms with Crippen LogP contribution in [0.1, 0.15) is 5.56 Å². The van der Waals surface area contributed by atoms with Crippen molar-refractivity contribution in [3.63, 3.8) is 0 Å². The summed E-state index contributed by atoms with van der Waals surface area (Å²) in [6, 6.07) is 11.8. The highest BCUT2D eigenvalue weighted by Gasteiger charge is 2.41. The molecule has 124 valence electrons. The van der Waals surface area contributed by atoms with E-state index < -0.39 is 12.1 Å². The molecule has 24 heavy (non-hydrogen) atoms. The standard InChI is InChI=1S/C17H13F3N2O2/c1-10-4-3-5-11(8-10)15-21-13-7-6-12(9-14(13)24-15)22(2)16(23)17(18,19)20/h3-9H,1-2H3. The Labute approximate surface area is 135 Å². The molecule has 1 aromatic heterocycles. The molecule has 0 bridgehead atoms. The maximum absolute atomic E-state index is 12.5. The molecular formula is C17H13F3N2O2. The molecule has 4 nitrogen and oxygen atoms in total. The molecule has 1 heterocycles. The van der Waals surface area contributed by atoms with Crippen molar-refractivity contribution in [1.29, 1.82) is 0 Å². The van der Waals surface area contributed by atoms with Crippen LogP contribution in [0.4, 0.5) is 18.9 Å². The number of alkyl halides is 3. The van der Waals surface area contributed by atoms with E-state index >= 15 is 0 Å². The Morgan fingerprint density at radius 2 is 1.92 bits per heavy atom. The van der Waals surface area contributed by atoms with Gasteiger partial charge in [-0.1, -0.05) is 17.7 Å². The summed E-state index contributed by atoms with van der Waals surface area (Å²) in [6.45, 7) is 1.93. The summed E-state index contributed by atoms with van der Waals surface area (Å²) in [6.07, 6.45) is -4.93. The van der Waals surface area contributed by atoms with Crippen LogP contribution in [-0.4, -0.2) is 24.1 Å². The second kappa shape index (κ2) is 5.67. The highest BCUT2D eigenvalue weighted by atomic mass is 19.4. The molecule has 3 rings (SSSR count). The van der Waals surface area contributed by atoms with Gasteiger partial charge in [-0.25, -0.2) is 4.98 Å². The molecule has 7 heteroatoms. The SMILES string of the molecule is Cc1cccc(-c2nc3ccc(N(C)C(=O)C(F)(F)F)cc3o2)c1. The molecule has 0 N–H and O–H groups in total. The summed E-state index contributed by atoms with van der Waals surface area (Å²) >= 11 is 0. The first kappa shape index (κ1) is 16.0. The van der Waals surface area contributed by atoms with Crippen molar-refractivity contribution in [1.82, 2.24) is 4.98 Å². The molecule has 0 spiro atoms. The van der Waals surface area contributed by atoms with E-state index in [0.717, 1.165) is 18.2 Å². The number of oxazole rings is 1. The largest absolute Gasteiger partial charge is 0.471 e. The molecule has 0 aliphatic carbocycles. The number of rotatable bonds is 2. The van der Waals surface area contributed by atoms with E-state index in [2.05, 4.69) is 4.98 Å². The average Bonchev–Trinajstić information content (AvgIpc) is 2.95. The van der Waals surface area contributed by atoms with Gasteiger partial charge in [-0.15, -0.1) is 0 Å². The summed E-state index contributed by atoms with van der Waals surface area (Å²) in [4.78, 5) is 16.2. The van der Waals surface area contributed by atoms with E-state index in [1.54, 1.807) is 0 Å².